The summed E-state index contributed by atoms with van der Waals surface area (Å²) in [5, 5.41) is 10.9. The van der Waals surface area contributed by atoms with E-state index in [1.54, 1.807) is 13.8 Å². The maximum Gasteiger partial charge on any atom is 0.273 e. The van der Waals surface area contributed by atoms with Gasteiger partial charge in [-0.1, -0.05) is 6.58 Å². The van der Waals surface area contributed by atoms with Gasteiger partial charge < -0.3 is 5.11 Å². The van der Waals surface area contributed by atoms with Crippen LogP contribution in [0.25, 0.3) is 0 Å². The molecule has 1 unspecified atom stereocenters. The second-order valence-corrected chi connectivity index (χ2v) is 4.64. The third-order valence-corrected chi connectivity index (χ3v) is 2.15. The monoisotopic (exact) mass is 199 g/mol. The topological polar surface area (TPSA) is 49.8 Å². The van der Waals surface area contributed by atoms with Crippen LogP contribution >= 0.6 is 0 Å². The van der Waals surface area contributed by atoms with Crippen LogP contribution in [-0.2, 0) is 9.63 Å². The van der Waals surface area contributed by atoms with Crippen molar-refractivity contribution in [1.29, 1.82) is 0 Å². The molecule has 0 spiro atoms. The molecule has 1 saturated heterocycles. The Labute approximate surface area is 84.1 Å². The van der Waals surface area contributed by atoms with Gasteiger partial charge in [0.25, 0.3) is 5.91 Å². The first-order valence-corrected chi connectivity index (χ1v) is 4.57. The molecule has 1 N–H and O–H groups in total. The molecular weight excluding hydrogens is 182 g/mol. The summed E-state index contributed by atoms with van der Waals surface area (Å²) in [6, 6.07) is 0. The number of hydrogen-bond acceptors (Lipinski definition) is 3. The van der Waals surface area contributed by atoms with E-state index in [4.69, 9.17) is 4.84 Å². The number of hydrogen-bond donors (Lipinski definition) is 1. The Balaban J connectivity index is 2.91. The first-order valence-electron chi connectivity index (χ1n) is 4.57. The van der Waals surface area contributed by atoms with Gasteiger partial charge in [0.05, 0.1) is 5.54 Å². The standard InChI is InChI=1S/C10H17NO3/c1-7(2)8(12)11-9(3,4)6-10(5,13)14-11/h13H,1,6H2,2-5H3. The van der Waals surface area contributed by atoms with Crippen LogP contribution in [0.2, 0.25) is 0 Å². The Morgan fingerprint density at radius 2 is 2.00 bits per heavy atom. The molecule has 0 saturated carbocycles. The van der Waals surface area contributed by atoms with E-state index in [-0.39, 0.29) is 5.91 Å². The van der Waals surface area contributed by atoms with Crippen molar-refractivity contribution in [2.24, 2.45) is 0 Å². The average molecular weight is 199 g/mol. The van der Waals surface area contributed by atoms with Crippen molar-refractivity contribution in [2.45, 2.75) is 45.4 Å². The quantitative estimate of drug-likeness (QED) is 0.646. The number of nitrogens with zero attached hydrogens (tertiary/aromatic N) is 1. The Hall–Kier alpha value is -0.870. The van der Waals surface area contributed by atoms with E-state index >= 15 is 0 Å². The number of carbonyl (C=O) groups excluding carboxylic acids is 1. The van der Waals surface area contributed by atoms with Crippen LogP contribution in [0.4, 0.5) is 0 Å². The number of carbonyl (C=O) groups is 1. The molecule has 0 aromatic rings. The van der Waals surface area contributed by atoms with Crippen LogP contribution in [0.3, 0.4) is 0 Å². The highest BCUT2D eigenvalue weighted by molar-refractivity contribution is 5.92. The van der Waals surface area contributed by atoms with Crippen LogP contribution in [0.15, 0.2) is 12.2 Å². The summed E-state index contributed by atoms with van der Waals surface area (Å²) in [5.41, 5.74) is -0.102. The molecule has 80 valence electrons. The van der Waals surface area contributed by atoms with Crippen LogP contribution in [0.5, 0.6) is 0 Å². The minimum absolute atomic E-state index is 0.284. The largest absolute Gasteiger partial charge is 0.364 e. The predicted molar refractivity (Wildman–Crippen MR) is 52.1 cm³/mol. The van der Waals surface area contributed by atoms with Gasteiger partial charge in [-0.05, 0) is 27.7 Å². The van der Waals surface area contributed by atoms with Crippen molar-refractivity contribution in [2.75, 3.05) is 0 Å². The van der Waals surface area contributed by atoms with Gasteiger partial charge in [-0.3, -0.25) is 4.79 Å². The molecule has 4 nitrogen and oxygen atoms in total. The van der Waals surface area contributed by atoms with Gasteiger partial charge in [-0.2, -0.15) is 0 Å². The molecule has 1 aliphatic rings. The molecule has 1 atom stereocenters. The van der Waals surface area contributed by atoms with E-state index < -0.39 is 11.3 Å². The molecule has 1 amide bonds. The van der Waals surface area contributed by atoms with E-state index in [1.807, 2.05) is 13.8 Å². The van der Waals surface area contributed by atoms with E-state index in [1.165, 1.54) is 5.06 Å². The molecule has 0 radical (unpaired) electrons. The van der Waals surface area contributed by atoms with Gasteiger partial charge >= 0.3 is 0 Å². The van der Waals surface area contributed by atoms with Gasteiger partial charge in [0.2, 0.25) is 0 Å². The van der Waals surface area contributed by atoms with Crippen LogP contribution in [0.1, 0.15) is 34.1 Å². The second kappa shape index (κ2) is 3.07. The SMILES string of the molecule is C=C(C)C(=O)N1OC(C)(O)CC1(C)C. The van der Waals surface area contributed by atoms with Crippen LogP contribution < -0.4 is 0 Å². The van der Waals surface area contributed by atoms with E-state index in [0.717, 1.165) is 0 Å². The lowest BCUT2D eigenvalue weighted by molar-refractivity contribution is -0.271. The number of aliphatic hydroxyl groups is 1. The van der Waals surface area contributed by atoms with Crippen LogP contribution in [0, 0.1) is 0 Å². The lowest BCUT2D eigenvalue weighted by atomic mass is 9.96. The predicted octanol–water partition coefficient (Wildman–Crippen LogP) is 1.21. The Kier molecular flexibility index (Phi) is 2.46. The van der Waals surface area contributed by atoms with Crippen molar-refractivity contribution in [3.05, 3.63) is 12.2 Å². The molecule has 4 heteroatoms. The molecular formula is C10H17NO3. The molecule has 0 aliphatic carbocycles. The summed E-state index contributed by atoms with van der Waals surface area (Å²) in [6.07, 6.45) is 0.388. The zero-order chi connectivity index (χ0) is 11.1. The molecule has 1 heterocycles. The van der Waals surface area contributed by atoms with Gasteiger partial charge in [-0.25, -0.2) is 9.90 Å². The minimum Gasteiger partial charge on any atom is -0.364 e. The zero-order valence-corrected chi connectivity index (χ0v) is 9.13. The molecule has 1 rings (SSSR count). The number of rotatable bonds is 1. The Bertz CT molecular complexity index is 281. The molecule has 14 heavy (non-hydrogen) atoms. The van der Waals surface area contributed by atoms with Gasteiger partial charge in [0, 0.05) is 12.0 Å². The minimum atomic E-state index is -1.27. The maximum atomic E-state index is 11.6. The van der Waals surface area contributed by atoms with E-state index in [0.29, 0.717) is 12.0 Å². The highest BCUT2D eigenvalue weighted by Crippen LogP contribution is 2.37. The third-order valence-electron chi connectivity index (χ3n) is 2.15. The summed E-state index contributed by atoms with van der Waals surface area (Å²) >= 11 is 0. The molecule has 0 bridgehead atoms. The second-order valence-electron chi connectivity index (χ2n) is 4.64. The summed E-state index contributed by atoms with van der Waals surface area (Å²) in [4.78, 5) is 16.8. The van der Waals surface area contributed by atoms with E-state index in [9.17, 15) is 9.90 Å². The van der Waals surface area contributed by atoms with Crippen LogP contribution in [-0.4, -0.2) is 27.4 Å². The molecule has 1 fully saturated rings. The summed E-state index contributed by atoms with van der Waals surface area (Å²) in [7, 11) is 0. The Morgan fingerprint density at radius 1 is 1.50 bits per heavy atom. The first-order chi connectivity index (χ1) is 6.16. The summed E-state index contributed by atoms with van der Waals surface area (Å²) in [5.74, 6) is -1.55. The average Bonchev–Trinajstić information content (AvgIpc) is 2.17. The molecule has 0 aromatic heterocycles. The maximum absolute atomic E-state index is 11.6. The van der Waals surface area contributed by atoms with E-state index in [2.05, 4.69) is 6.58 Å². The summed E-state index contributed by atoms with van der Waals surface area (Å²) in [6.45, 7) is 10.4. The fourth-order valence-electron chi connectivity index (χ4n) is 1.72. The first kappa shape index (κ1) is 11.2. The molecule has 1 aliphatic heterocycles. The normalized spacial score (nSPS) is 30.5. The van der Waals surface area contributed by atoms with Crippen molar-refractivity contribution in [3.8, 4) is 0 Å². The zero-order valence-electron chi connectivity index (χ0n) is 9.13. The number of amides is 1. The lowest BCUT2D eigenvalue weighted by Gasteiger charge is -2.28. The van der Waals surface area contributed by atoms with Gasteiger partial charge in [0.1, 0.15) is 0 Å². The third kappa shape index (κ3) is 1.96. The molecule has 0 aromatic carbocycles. The smallest absolute Gasteiger partial charge is 0.273 e. The highest BCUT2D eigenvalue weighted by atomic mass is 16.8. The van der Waals surface area contributed by atoms with Gasteiger partial charge in [-0.15, -0.1) is 0 Å². The lowest BCUT2D eigenvalue weighted by Crippen LogP contribution is -2.42. The van der Waals surface area contributed by atoms with Crippen molar-refractivity contribution in [3.63, 3.8) is 0 Å². The van der Waals surface area contributed by atoms with Crippen molar-refractivity contribution >= 4 is 5.91 Å². The summed E-state index contributed by atoms with van der Waals surface area (Å²) < 4.78 is 0. The van der Waals surface area contributed by atoms with Crippen molar-refractivity contribution < 1.29 is 14.7 Å². The highest BCUT2D eigenvalue weighted by Gasteiger charge is 2.48. The number of hydroxylamine groups is 2. The van der Waals surface area contributed by atoms with Crippen molar-refractivity contribution in [1.82, 2.24) is 5.06 Å². The Morgan fingerprint density at radius 3 is 2.29 bits per heavy atom. The fourth-order valence-corrected chi connectivity index (χ4v) is 1.72. The van der Waals surface area contributed by atoms with Gasteiger partial charge in [0.15, 0.2) is 5.79 Å². The fraction of sp³-hybridized carbons (Fsp3) is 0.700.